The predicted octanol–water partition coefficient (Wildman–Crippen LogP) is 2.56. The van der Waals surface area contributed by atoms with E-state index in [1.807, 2.05) is 19.1 Å². The molecule has 2 N–H and O–H groups in total. The minimum atomic E-state index is -3.59. The number of carboxylic acid groups (broad SMARTS) is 1. The van der Waals surface area contributed by atoms with Crippen molar-refractivity contribution in [2.24, 2.45) is 0 Å². The van der Waals surface area contributed by atoms with Gasteiger partial charge >= 0.3 is 5.97 Å². The van der Waals surface area contributed by atoms with Crippen LogP contribution in [0, 0.1) is 0 Å². The zero-order valence-corrected chi connectivity index (χ0v) is 16.4. The third-order valence-corrected chi connectivity index (χ3v) is 6.11. The first-order chi connectivity index (χ1) is 13.4. The van der Waals surface area contributed by atoms with Crippen LogP contribution in [0.4, 0.5) is 0 Å². The molecular formula is C20H23NO6S. The summed E-state index contributed by atoms with van der Waals surface area (Å²) in [6.45, 7) is 2.29. The number of hydrogen-bond acceptors (Lipinski definition) is 5. The molecule has 150 valence electrons. The number of fused-ring (bicyclic) bond motifs is 1. The van der Waals surface area contributed by atoms with E-state index in [2.05, 4.69) is 4.72 Å². The number of rotatable bonds is 8. The van der Waals surface area contributed by atoms with E-state index in [0.29, 0.717) is 24.5 Å². The third-order valence-electron chi connectivity index (χ3n) is 4.67. The van der Waals surface area contributed by atoms with E-state index >= 15 is 0 Å². The van der Waals surface area contributed by atoms with Gasteiger partial charge in [-0.15, -0.1) is 0 Å². The van der Waals surface area contributed by atoms with Crippen LogP contribution < -0.4 is 14.2 Å². The number of aryl methyl sites for hydroxylation is 1. The average Bonchev–Trinajstić information content (AvgIpc) is 2.70. The first kappa shape index (κ1) is 20.2. The van der Waals surface area contributed by atoms with Gasteiger partial charge in [0.2, 0.25) is 10.0 Å². The lowest BCUT2D eigenvalue weighted by Gasteiger charge is -2.26. The molecule has 0 saturated carbocycles. The van der Waals surface area contributed by atoms with Crippen molar-refractivity contribution in [3.8, 4) is 11.5 Å². The van der Waals surface area contributed by atoms with Gasteiger partial charge in [0.25, 0.3) is 0 Å². The molecule has 1 aliphatic heterocycles. The predicted molar refractivity (Wildman–Crippen MR) is 103 cm³/mol. The SMILES string of the molecule is CCc1ccc(S(=O)(=O)NCC2CCOc3cc(OCC(=O)O)ccc32)cc1. The monoisotopic (exact) mass is 405 g/mol. The Labute approximate surface area is 164 Å². The van der Waals surface area contributed by atoms with Gasteiger partial charge in [0.05, 0.1) is 11.5 Å². The fourth-order valence-corrected chi connectivity index (χ4v) is 4.17. The summed E-state index contributed by atoms with van der Waals surface area (Å²) in [6, 6.07) is 12.0. The van der Waals surface area contributed by atoms with Gasteiger partial charge in [-0.3, -0.25) is 0 Å². The van der Waals surface area contributed by atoms with Gasteiger partial charge in [-0.25, -0.2) is 17.9 Å². The summed E-state index contributed by atoms with van der Waals surface area (Å²) < 4.78 is 38.6. The van der Waals surface area contributed by atoms with Crippen LogP contribution in [0.2, 0.25) is 0 Å². The summed E-state index contributed by atoms with van der Waals surface area (Å²) in [5, 5.41) is 8.70. The molecular weight excluding hydrogens is 382 g/mol. The molecule has 0 aromatic heterocycles. The van der Waals surface area contributed by atoms with Gasteiger partial charge in [-0.05, 0) is 42.2 Å². The Kier molecular flexibility index (Phi) is 6.21. The van der Waals surface area contributed by atoms with E-state index in [0.717, 1.165) is 17.5 Å². The fourth-order valence-electron chi connectivity index (χ4n) is 3.09. The lowest BCUT2D eigenvalue weighted by Crippen LogP contribution is -2.30. The van der Waals surface area contributed by atoms with Gasteiger partial charge in [0, 0.05) is 18.5 Å². The van der Waals surface area contributed by atoms with Gasteiger partial charge in [0.15, 0.2) is 6.61 Å². The molecule has 0 radical (unpaired) electrons. The first-order valence-corrected chi connectivity index (χ1v) is 10.6. The van der Waals surface area contributed by atoms with Crippen LogP contribution in [0.5, 0.6) is 11.5 Å². The minimum Gasteiger partial charge on any atom is -0.493 e. The molecule has 8 heteroatoms. The molecule has 1 unspecified atom stereocenters. The smallest absolute Gasteiger partial charge is 0.341 e. The van der Waals surface area contributed by atoms with Crippen LogP contribution in [0.15, 0.2) is 47.4 Å². The topological polar surface area (TPSA) is 102 Å². The molecule has 0 bridgehead atoms. The van der Waals surface area contributed by atoms with E-state index in [1.54, 1.807) is 30.3 Å². The maximum Gasteiger partial charge on any atom is 0.341 e. The zero-order chi connectivity index (χ0) is 20.1. The standard InChI is InChI=1S/C20H23NO6S/c1-2-14-3-6-17(7-4-14)28(24,25)21-12-15-9-10-26-19-11-16(5-8-18(15)19)27-13-20(22)23/h3-8,11,15,21H,2,9-10,12-13H2,1H3,(H,22,23). The highest BCUT2D eigenvalue weighted by atomic mass is 32.2. The number of carboxylic acids is 1. The van der Waals surface area contributed by atoms with E-state index in [-0.39, 0.29) is 17.4 Å². The fraction of sp³-hybridized carbons (Fsp3) is 0.350. The molecule has 0 fully saturated rings. The number of ether oxygens (including phenoxy) is 2. The normalized spacial score (nSPS) is 16.1. The van der Waals surface area contributed by atoms with Crippen LogP contribution in [0.3, 0.4) is 0 Å². The maximum absolute atomic E-state index is 12.6. The number of benzene rings is 2. The van der Waals surface area contributed by atoms with Crippen molar-refractivity contribution in [1.82, 2.24) is 4.72 Å². The van der Waals surface area contributed by atoms with E-state index < -0.39 is 22.6 Å². The molecule has 0 aliphatic carbocycles. The zero-order valence-electron chi connectivity index (χ0n) is 15.6. The second kappa shape index (κ2) is 8.62. The van der Waals surface area contributed by atoms with E-state index in [1.165, 1.54) is 0 Å². The lowest BCUT2D eigenvalue weighted by atomic mass is 9.93. The maximum atomic E-state index is 12.6. The molecule has 0 saturated heterocycles. The van der Waals surface area contributed by atoms with Crippen molar-refractivity contribution in [3.05, 3.63) is 53.6 Å². The van der Waals surface area contributed by atoms with Crippen molar-refractivity contribution in [3.63, 3.8) is 0 Å². The second-order valence-electron chi connectivity index (χ2n) is 6.57. The Hall–Kier alpha value is -2.58. The third kappa shape index (κ3) is 4.82. The quantitative estimate of drug-likeness (QED) is 0.700. The molecule has 1 heterocycles. The van der Waals surface area contributed by atoms with Crippen molar-refractivity contribution in [2.75, 3.05) is 19.8 Å². The largest absolute Gasteiger partial charge is 0.493 e. The summed E-state index contributed by atoms with van der Waals surface area (Å²) in [4.78, 5) is 10.9. The highest BCUT2D eigenvalue weighted by Gasteiger charge is 2.24. The van der Waals surface area contributed by atoms with Crippen LogP contribution in [0.1, 0.15) is 30.4 Å². The van der Waals surface area contributed by atoms with Gasteiger partial charge < -0.3 is 14.6 Å². The van der Waals surface area contributed by atoms with Gasteiger partial charge in [0.1, 0.15) is 11.5 Å². The molecule has 2 aromatic rings. The summed E-state index contributed by atoms with van der Waals surface area (Å²) in [6.07, 6.45) is 1.53. The van der Waals surface area contributed by atoms with Crippen LogP contribution in [-0.2, 0) is 21.2 Å². The summed E-state index contributed by atoms with van der Waals surface area (Å²) in [5.41, 5.74) is 1.95. The van der Waals surface area contributed by atoms with Crippen molar-refractivity contribution < 1.29 is 27.8 Å². The molecule has 0 amide bonds. The van der Waals surface area contributed by atoms with Crippen molar-refractivity contribution >= 4 is 16.0 Å². The van der Waals surface area contributed by atoms with E-state index in [4.69, 9.17) is 14.6 Å². The van der Waals surface area contributed by atoms with E-state index in [9.17, 15) is 13.2 Å². The molecule has 7 nitrogen and oxygen atoms in total. The average molecular weight is 405 g/mol. The Morgan fingerprint density at radius 3 is 2.68 bits per heavy atom. The molecule has 3 rings (SSSR count). The Bertz CT molecular complexity index is 940. The molecule has 1 aliphatic rings. The van der Waals surface area contributed by atoms with Gasteiger partial charge in [-0.1, -0.05) is 25.1 Å². The summed E-state index contributed by atoms with van der Waals surface area (Å²) in [5.74, 6) is -0.108. The number of sulfonamides is 1. The molecule has 2 aromatic carbocycles. The Balaban J connectivity index is 1.69. The van der Waals surface area contributed by atoms with Gasteiger partial charge in [-0.2, -0.15) is 0 Å². The number of hydrogen-bond donors (Lipinski definition) is 2. The number of carbonyl (C=O) groups is 1. The van der Waals surface area contributed by atoms with Crippen LogP contribution in [-0.4, -0.2) is 39.3 Å². The highest BCUT2D eigenvalue weighted by molar-refractivity contribution is 7.89. The second-order valence-corrected chi connectivity index (χ2v) is 8.33. The Morgan fingerprint density at radius 1 is 1.25 bits per heavy atom. The first-order valence-electron chi connectivity index (χ1n) is 9.09. The Morgan fingerprint density at radius 2 is 2.00 bits per heavy atom. The molecule has 1 atom stereocenters. The van der Waals surface area contributed by atoms with Crippen LogP contribution in [0.25, 0.3) is 0 Å². The molecule has 28 heavy (non-hydrogen) atoms. The minimum absolute atomic E-state index is 0.0398. The summed E-state index contributed by atoms with van der Waals surface area (Å²) >= 11 is 0. The van der Waals surface area contributed by atoms with Crippen LogP contribution >= 0.6 is 0 Å². The van der Waals surface area contributed by atoms with Crippen molar-refractivity contribution in [2.45, 2.75) is 30.6 Å². The number of aliphatic carboxylic acids is 1. The number of nitrogens with one attached hydrogen (secondary N) is 1. The summed E-state index contributed by atoms with van der Waals surface area (Å²) in [7, 11) is -3.59. The molecule has 0 spiro atoms. The lowest BCUT2D eigenvalue weighted by molar-refractivity contribution is -0.139. The highest BCUT2D eigenvalue weighted by Crippen LogP contribution is 2.36. The van der Waals surface area contributed by atoms with Crippen molar-refractivity contribution in [1.29, 1.82) is 0 Å².